The Morgan fingerprint density at radius 3 is 2.84 bits per heavy atom. The summed E-state index contributed by atoms with van der Waals surface area (Å²) in [5.41, 5.74) is 3.62. The maximum Gasteiger partial charge on any atom is 0.419 e. The van der Waals surface area contributed by atoms with E-state index in [1.54, 1.807) is 12.0 Å². The summed E-state index contributed by atoms with van der Waals surface area (Å²) in [5.74, 6) is 0.0668. The van der Waals surface area contributed by atoms with Gasteiger partial charge in [0.1, 0.15) is 5.75 Å². The van der Waals surface area contributed by atoms with Gasteiger partial charge >= 0.3 is 5.76 Å². The van der Waals surface area contributed by atoms with E-state index in [0.717, 1.165) is 29.7 Å². The monoisotopic (exact) mass is 425 g/mol. The summed E-state index contributed by atoms with van der Waals surface area (Å²) in [7, 11) is 1.60. The van der Waals surface area contributed by atoms with Crippen LogP contribution in [0.5, 0.6) is 5.75 Å². The lowest BCUT2D eigenvalue weighted by Gasteiger charge is -2.32. The first-order chi connectivity index (χ1) is 14.9. The van der Waals surface area contributed by atoms with Crippen molar-refractivity contribution in [1.82, 2.24) is 4.57 Å². The van der Waals surface area contributed by atoms with Crippen molar-refractivity contribution in [2.75, 3.05) is 18.6 Å². The number of nitro benzene ring substituents is 1. The fourth-order valence-corrected chi connectivity index (χ4v) is 4.17. The molecule has 1 aliphatic rings. The van der Waals surface area contributed by atoms with Gasteiger partial charge in [-0.3, -0.25) is 19.5 Å². The van der Waals surface area contributed by atoms with Crippen molar-refractivity contribution in [3.8, 4) is 5.75 Å². The summed E-state index contributed by atoms with van der Waals surface area (Å²) < 4.78 is 12.1. The summed E-state index contributed by atoms with van der Waals surface area (Å²) in [6.45, 7) is 2.94. The van der Waals surface area contributed by atoms with Crippen LogP contribution in [-0.4, -0.2) is 29.1 Å². The zero-order chi connectivity index (χ0) is 22.1. The number of anilines is 1. The van der Waals surface area contributed by atoms with Crippen LogP contribution in [-0.2, 0) is 17.8 Å². The second-order valence-electron chi connectivity index (χ2n) is 7.59. The SMILES string of the molecule is COc1ccc(C)c2c1N(C(=O)CCCn1c(=O)oc3cc([N+](=O)[O-])ccc31)CCC2. The minimum absolute atomic E-state index is 0.0265. The number of methoxy groups -OCH3 is 1. The van der Waals surface area contributed by atoms with E-state index >= 15 is 0 Å². The number of carbonyl (C=O) groups excluding carboxylic acids is 1. The Morgan fingerprint density at radius 2 is 2.10 bits per heavy atom. The quantitative estimate of drug-likeness (QED) is 0.441. The third kappa shape index (κ3) is 3.78. The number of aryl methyl sites for hydroxylation is 2. The molecule has 0 saturated heterocycles. The van der Waals surface area contributed by atoms with Crippen molar-refractivity contribution in [2.45, 2.75) is 39.2 Å². The highest BCUT2D eigenvalue weighted by molar-refractivity contribution is 5.96. The number of fused-ring (bicyclic) bond motifs is 2. The van der Waals surface area contributed by atoms with Gasteiger partial charge in [0.25, 0.3) is 5.69 Å². The number of non-ortho nitro benzene ring substituents is 1. The molecule has 0 spiro atoms. The maximum absolute atomic E-state index is 13.0. The van der Waals surface area contributed by atoms with Crippen molar-refractivity contribution in [3.63, 3.8) is 0 Å². The van der Waals surface area contributed by atoms with Crippen molar-refractivity contribution < 1.29 is 18.9 Å². The minimum atomic E-state index is -0.594. The molecular formula is C22H23N3O6. The number of nitrogens with zero attached hydrogens (tertiary/aromatic N) is 3. The molecule has 0 fully saturated rings. The highest BCUT2D eigenvalue weighted by Crippen LogP contribution is 2.38. The molecule has 9 nitrogen and oxygen atoms in total. The van der Waals surface area contributed by atoms with E-state index in [-0.39, 0.29) is 30.1 Å². The lowest BCUT2D eigenvalue weighted by atomic mass is 9.96. The first kappa shape index (κ1) is 20.6. The molecule has 162 valence electrons. The third-order valence-electron chi connectivity index (χ3n) is 5.71. The molecular weight excluding hydrogens is 402 g/mol. The normalized spacial score (nSPS) is 13.3. The van der Waals surface area contributed by atoms with Gasteiger partial charge < -0.3 is 14.1 Å². The van der Waals surface area contributed by atoms with Crippen LogP contribution in [0.3, 0.4) is 0 Å². The topological polar surface area (TPSA) is 108 Å². The fourth-order valence-electron chi connectivity index (χ4n) is 4.17. The lowest BCUT2D eigenvalue weighted by Crippen LogP contribution is -2.36. The molecule has 1 amide bonds. The number of amides is 1. The van der Waals surface area contributed by atoms with Crippen LogP contribution < -0.4 is 15.4 Å². The molecule has 0 bridgehead atoms. The van der Waals surface area contributed by atoms with Gasteiger partial charge in [0, 0.05) is 25.6 Å². The Balaban J connectivity index is 1.50. The van der Waals surface area contributed by atoms with E-state index in [9.17, 15) is 19.7 Å². The average Bonchev–Trinajstić information content (AvgIpc) is 3.08. The zero-order valence-electron chi connectivity index (χ0n) is 17.4. The van der Waals surface area contributed by atoms with E-state index in [1.807, 2.05) is 19.1 Å². The van der Waals surface area contributed by atoms with Gasteiger partial charge in [-0.1, -0.05) is 6.07 Å². The second kappa shape index (κ2) is 8.25. The van der Waals surface area contributed by atoms with Crippen LogP contribution in [0.25, 0.3) is 11.1 Å². The number of hydrogen-bond donors (Lipinski definition) is 0. The number of rotatable bonds is 6. The summed E-state index contributed by atoms with van der Waals surface area (Å²) >= 11 is 0. The van der Waals surface area contributed by atoms with Gasteiger partial charge in [0.05, 0.1) is 29.3 Å². The lowest BCUT2D eigenvalue weighted by molar-refractivity contribution is -0.384. The second-order valence-corrected chi connectivity index (χ2v) is 7.59. The van der Waals surface area contributed by atoms with Crippen molar-refractivity contribution in [1.29, 1.82) is 0 Å². The van der Waals surface area contributed by atoms with Crippen molar-refractivity contribution >= 4 is 28.4 Å². The number of carbonyl (C=O) groups is 1. The Morgan fingerprint density at radius 1 is 1.29 bits per heavy atom. The highest BCUT2D eigenvalue weighted by atomic mass is 16.6. The number of benzene rings is 2. The summed E-state index contributed by atoms with van der Waals surface area (Å²) in [5, 5.41) is 10.9. The summed E-state index contributed by atoms with van der Waals surface area (Å²) in [4.78, 5) is 37.4. The molecule has 4 rings (SSSR count). The van der Waals surface area contributed by atoms with Gasteiger partial charge in [-0.2, -0.15) is 0 Å². The van der Waals surface area contributed by atoms with Crippen LogP contribution in [0.2, 0.25) is 0 Å². The first-order valence-electron chi connectivity index (χ1n) is 10.2. The Labute approximate surface area is 178 Å². The molecule has 0 saturated carbocycles. The highest BCUT2D eigenvalue weighted by Gasteiger charge is 2.27. The van der Waals surface area contributed by atoms with E-state index in [2.05, 4.69) is 0 Å². The molecule has 0 atom stereocenters. The molecule has 31 heavy (non-hydrogen) atoms. The molecule has 9 heteroatoms. The van der Waals surface area contributed by atoms with E-state index in [1.165, 1.54) is 22.8 Å². The number of nitro groups is 1. The maximum atomic E-state index is 13.0. The predicted molar refractivity (Wildman–Crippen MR) is 115 cm³/mol. The molecule has 0 radical (unpaired) electrons. The molecule has 1 aliphatic heterocycles. The molecule has 1 aromatic heterocycles. The molecule has 0 N–H and O–H groups in total. The van der Waals surface area contributed by atoms with Crippen LogP contribution in [0.4, 0.5) is 11.4 Å². The zero-order valence-corrected chi connectivity index (χ0v) is 17.4. The van der Waals surface area contributed by atoms with Crippen molar-refractivity contribution in [3.05, 3.63) is 62.1 Å². The number of hydrogen-bond acceptors (Lipinski definition) is 6. The van der Waals surface area contributed by atoms with Gasteiger partial charge in [-0.05, 0) is 49.4 Å². The van der Waals surface area contributed by atoms with E-state index < -0.39 is 10.7 Å². The predicted octanol–water partition coefficient (Wildman–Crippen LogP) is 3.58. The number of aromatic nitrogens is 1. The Hall–Kier alpha value is -3.62. The van der Waals surface area contributed by atoms with Crippen LogP contribution in [0, 0.1) is 17.0 Å². The van der Waals surface area contributed by atoms with Gasteiger partial charge in [-0.15, -0.1) is 0 Å². The average molecular weight is 425 g/mol. The fraction of sp³-hybridized carbons (Fsp3) is 0.364. The smallest absolute Gasteiger partial charge is 0.419 e. The number of oxazole rings is 1. The Bertz CT molecular complexity index is 1230. The largest absolute Gasteiger partial charge is 0.495 e. The molecule has 0 unspecified atom stereocenters. The molecule has 3 aromatic rings. The van der Waals surface area contributed by atoms with Crippen LogP contribution >= 0.6 is 0 Å². The minimum Gasteiger partial charge on any atom is -0.495 e. The molecule has 2 heterocycles. The summed E-state index contributed by atoms with van der Waals surface area (Å²) in [6, 6.07) is 7.95. The molecule has 2 aromatic carbocycles. The van der Waals surface area contributed by atoms with Gasteiger partial charge in [-0.25, -0.2) is 4.79 Å². The standard InChI is InChI=1S/C22H23N3O6/c1-14-7-10-18(30-2)21-16(14)5-3-12-24(21)20(26)6-4-11-23-17-9-8-15(25(28)29)13-19(17)31-22(23)27/h7-10,13H,3-6,11-12H2,1-2H3. The van der Waals surface area contributed by atoms with E-state index in [4.69, 9.17) is 9.15 Å². The van der Waals surface area contributed by atoms with Crippen LogP contribution in [0.15, 0.2) is 39.5 Å². The van der Waals surface area contributed by atoms with Crippen molar-refractivity contribution in [2.24, 2.45) is 0 Å². The Kier molecular flexibility index (Phi) is 5.50. The first-order valence-corrected chi connectivity index (χ1v) is 10.2. The van der Waals surface area contributed by atoms with E-state index in [0.29, 0.717) is 24.2 Å². The van der Waals surface area contributed by atoms with Gasteiger partial charge in [0.2, 0.25) is 5.91 Å². The van der Waals surface area contributed by atoms with Gasteiger partial charge in [0.15, 0.2) is 5.58 Å². The summed E-state index contributed by atoms with van der Waals surface area (Å²) in [6.07, 6.45) is 2.48. The number of ether oxygens (including phenoxy) is 1. The third-order valence-corrected chi connectivity index (χ3v) is 5.71. The molecule has 0 aliphatic carbocycles. The van der Waals surface area contributed by atoms with Crippen LogP contribution in [0.1, 0.15) is 30.4 Å².